The highest BCUT2D eigenvalue weighted by Crippen LogP contribution is 2.17. The van der Waals surface area contributed by atoms with Crippen LogP contribution in [0.2, 0.25) is 0 Å². The van der Waals surface area contributed by atoms with Crippen LogP contribution < -0.4 is 10.3 Å². The number of fused-ring (bicyclic) bond motifs is 1. The Balaban J connectivity index is 1.82. The molecular formula is C14H11FN2O2S. The van der Waals surface area contributed by atoms with Crippen molar-refractivity contribution in [3.8, 4) is 5.75 Å². The fourth-order valence-corrected chi connectivity index (χ4v) is 2.57. The topological polar surface area (TPSA) is 55.0 Å². The molecule has 0 spiro atoms. The number of rotatable bonds is 3. The van der Waals surface area contributed by atoms with Gasteiger partial charge in [0.25, 0.3) is 5.56 Å². The Bertz CT molecular complexity index is 825. The van der Waals surface area contributed by atoms with E-state index in [4.69, 9.17) is 4.74 Å². The first-order chi connectivity index (χ1) is 9.63. The number of nitrogens with zero attached hydrogens (tertiary/aromatic N) is 1. The molecule has 0 amide bonds. The van der Waals surface area contributed by atoms with E-state index in [0.29, 0.717) is 27.4 Å². The van der Waals surface area contributed by atoms with Crippen molar-refractivity contribution in [3.63, 3.8) is 0 Å². The number of H-pyrrole nitrogens is 1. The van der Waals surface area contributed by atoms with E-state index in [0.717, 1.165) is 0 Å². The van der Waals surface area contributed by atoms with E-state index in [1.54, 1.807) is 25.1 Å². The Labute approximate surface area is 117 Å². The lowest BCUT2D eigenvalue weighted by Crippen LogP contribution is -2.12. The minimum Gasteiger partial charge on any atom is -0.486 e. The average Bonchev–Trinajstić information content (AvgIpc) is 2.89. The summed E-state index contributed by atoms with van der Waals surface area (Å²) in [6, 6.07) is 6.30. The van der Waals surface area contributed by atoms with Crippen LogP contribution in [-0.4, -0.2) is 9.97 Å². The van der Waals surface area contributed by atoms with Gasteiger partial charge in [0.1, 0.15) is 28.7 Å². The molecule has 102 valence electrons. The molecule has 0 radical (unpaired) electrons. The van der Waals surface area contributed by atoms with Gasteiger partial charge >= 0.3 is 0 Å². The molecule has 1 aromatic carbocycles. The fraction of sp³-hybridized carbons (Fsp3) is 0.143. The van der Waals surface area contributed by atoms with Crippen LogP contribution in [0.4, 0.5) is 4.39 Å². The highest BCUT2D eigenvalue weighted by Gasteiger charge is 2.06. The molecule has 6 heteroatoms. The third-order valence-electron chi connectivity index (χ3n) is 2.87. The predicted molar refractivity (Wildman–Crippen MR) is 75.7 cm³/mol. The van der Waals surface area contributed by atoms with Gasteiger partial charge in [-0.05, 0) is 42.1 Å². The molecule has 0 fully saturated rings. The highest BCUT2D eigenvalue weighted by molar-refractivity contribution is 7.17. The molecule has 0 saturated heterocycles. The fourth-order valence-electron chi connectivity index (χ4n) is 1.85. The summed E-state index contributed by atoms with van der Waals surface area (Å²) in [6.07, 6.45) is 0. The molecule has 0 aliphatic heterocycles. The van der Waals surface area contributed by atoms with Crippen molar-refractivity contribution in [2.75, 3.05) is 0 Å². The van der Waals surface area contributed by atoms with Gasteiger partial charge < -0.3 is 9.72 Å². The Kier molecular flexibility index (Phi) is 3.23. The first-order valence-electron chi connectivity index (χ1n) is 5.99. The number of aryl methyl sites for hydroxylation is 1. The summed E-state index contributed by atoms with van der Waals surface area (Å²) in [7, 11) is 0. The SMILES string of the molecule is Cc1cc(OCc2nc3ccsc3c(=O)[nH]2)ccc1F. The van der Waals surface area contributed by atoms with E-state index >= 15 is 0 Å². The van der Waals surface area contributed by atoms with Gasteiger partial charge in [-0.1, -0.05) is 0 Å². The molecular weight excluding hydrogens is 279 g/mol. The van der Waals surface area contributed by atoms with Gasteiger partial charge in [0.05, 0.1) is 5.52 Å². The normalized spacial score (nSPS) is 10.9. The first kappa shape index (κ1) is 12.8. The van der Waals surface area contributed by atoms with Crippen LogP contribution >= 0.6 is 11.3 Å². The van der Waals surface area contributed by atoms with Crippen LogP contribution in [0.1, 0.15) is 11.4 Å². The van der Waals surface area contributed by atoms with Crippen LogP contribution in [0.15, 0.2) is 34.4 Å². The van der Waals surface area contributed by atoms with Crippen molar-refractivity contribution in [3.05, 3.63) is 57.2 Å². The number of aromatic amines is 1. The second kappa shape index (κ2) is 5.05. The van der Waals surface area contributed by atoms with Crippen LogP contribution in [0, 0.1) is 12.7 Å². The van der Waals surface area contributed by atoms with E-state index in [1.807, 2.05) is 5.38 Å². The Morgan fingerprint density at radius 2 is 2.25 bits per heavy atom. The number of ether oxygens (including phenoxy) is 1. The minimum absolute atomic E-state index is 0.131. The summed E-state index contributed by atoms with van der Waals surface area (Å²) in [5, 5.41) is 1.82. The van der Waals surface area contributed by atoms with E-state index in [1.165, 1.54) is 17.4 Å². The number of nitrogens with one attached hydrogen (secondary N) is 1. The molecule has 3 aromatic rings. The van der Waals surface area contributed by atoms with E-state index in [-0.39, 0.29) is 18.0 Å². The zero-order valence-corrected chi connectivity index (χ0v) is 11.5. The summed E-state index contributed by atoms with van der Waals surface area (Å²) in [5.41, 5.74) is 1.00. The molecule has 0 saturated carbocycles. The maximum absolute atomic E-state index is 13.1. The molecule has 3 rings (SSSR count). The highest BCUT2D eigenvalue weighted by atomic mass is 32.1. The van der Waals surface area contributed by atoms with Gasteiger partial charge in [-0.2, -0.15) is 0 Å². The zero-order chi connectivity index (χ0) is 14.1. The van der Waals surface area contributed by atoms with Crippen LogP contribution in [0.25, 0.3) is 10.2 Å². The van der Waals surface area contributed by atoms with Crippen molar-refractivity contribution in [2.24, 2.45) is 0 Å². The van der Waals surface area contributed by atoms with Crippen molar-refractivity contribution >= 4 is 21.6 Å². The summed E-state index contributed by atoms with van der Waals surface area (Å²) in [4.78, 5) is 18.8. The Morgan fingerprint density at radius 3 is 3.05 bits per heavy atom. The standard InChI is InChI=1S/C14H11FN2O2S/c1-8-6-9(2-3-10(8)15)19-7-12-16-11-4-5-20-13(11)14(18)17-12/h2-6H,7H2,1H3,(H,16,17,18). The van der Waals surface area contributed by atoms with Gasteiger partial charge in [-0.3, -0.25) is 4.79 Å². The summed E-state index contributed by atoms with van der Waals surface area (Å²) in [6.45, 7) is 1.80. The minimum atomic E-state index is -0.274. The van der Waals surface area contributed by atoms with Crippen molar-refractivity contribution < 1.29 is 9.13 Å². The molecule has 4 nitrogen and oxygen atoms in total. The first-order valence-corrected chi connectivity index (χ1v) is 6.87. The molecule has 0 aliphatic rings. The predicted octanol–water partition coefficient (Wildman–Crippen LogP) is 3.01. The summed E-state index contributed by atoms with van der Waals surface area (Å²) in [5.74, 6) is 0.711. The van der Waals surface area contributed by atoms with Gasteiger partial charge in [0.15, 0.2) is 0 Å². The smallest absolute Gasteiger partial charge is 0.268 e. The Hall–Kier alpha value is -2.21. The van der Waals surface area contributed by atoms with Crippen LogP contribution in [-0.2, 0) is 6.61 Å². The lowest BCUT2D eigenvalue weighted by Gasteiger charge is -2.06. The third-order valence-corrected chi connectivity index (χ3v) is 3.77. The molecule has 0 unspecified atom stereocenters. The molecule has 0 atom stereocenters. The zero-order valence-electron chi connectivity index (χ0n) is 10.6. The molecule has 1 N–H and O–H groups in total. The second-order valence-electron chi connectivity index (χ2n) is 4.35. The number of thiophene rings is 1. The number of aromatic nitrogens is 2. The number of halogens is 1. The van der Waals surface area contributed by atoms with Crippen molar-refractivity contribution in [1.29, 1.82) is 0 Å². The summed E-state index contributed by atoms with van der Waals surface area (Å²) >= 11 is 1.35. The number of benzene rings is 1. The molecule has 0 bridgehead atoms. The van der Waals surface area contributed by atoms with Crippen molar-refractivity contribution in [1.82, 2.24) is 9.97 Å². The van der Waals surface area contributed by atoms with E-state index in [9.17, 15) is 9.18 Å². The number of hydrogen-bond acceptors (Lipinski definition) is 4. The lowest BCUT2D eigenvalue weighted by molar-refractivity contribution is 0.295. The molecule has 20 heavy (non-hydrogen) atoms. The summed E-state index contributed by atoms with van der Waals surface area (Å²) < 4.78 is 19.3. The second-order valence-corrected chi connectivity index (χ2v) is 5.26. The van der Waals surface area contributed by atoms with Gasteiger partial charge in [0, 0.05) is 0 Å². The van der Waals surface area contributed by atoms with E-state index < -0.39 is 0 Å². The Morgan fingerprint density at radius 1 is 1.40 bits per heavy atom. The monoisotopic (exact) mass is 290 g/mol. The van der Waals surface area contributed by atoms with Crippen LogP contribution in [0.5, 0.6) is 5.75 Å². The molecule has 0 aliphatic carbocycles. The van der Waals surface area contributed by atoms with Gasteiger partial charge in [-0.25, -0.2) is 9.37 Å². The molecule has 2 aromatic heterocycles. The maximum Gasteiger partial charge on any atom is 0.268 e. The average molecular weight is 290 g/mol. The van der Waals surface area contributed by atoms with Gasteiger partial charge in [0.2, 0.25) is 0 Å². The largest absolute Gasteiger partial charge is 0.486 e. The third kappa shape index (κ3) is 2.42. The number of hydrogen-bond donors (Lipinski definition) is 1. The van der Waals surface area contributed by atoms with Gasteiger partial charge in [-0.15, -0.1) is 11.3 Å². The van der Waals surface area contributed by atoms with E-state index in [2.05, 4.69) is 9.97 Å². The molecule has 2 heterocycles. The quantitative estimate of drug-likeness (QED) is 0.806. The van der Waals surface area contributed by atoms with Crippen molar-refractivity contribution in [2.45, 2.75) is 13.5 Å². The maximum atomic E-state index is 13.1. The lowest BCUT2D eigenvalue weighted by atomic mass is 10.2. The van der Waals surface area contributed by atoms with Crippen LogP contribution in [0.3, 0.4) is 0 Å².